The second-order valence-corrected chi connectivity index (χ2v) is 8.43. The summed E-state index contributed by atoms with van der Waals surface area (Å²) in [5, 5.41) is 3.85. The summed E-state index contributed by atoms with van der Waals surface area (Å²) < 4.78 is 46.5. The summed E-state index contributed by atoms with van der Waals surface area (Å²) in [4.78, 5) is 18.6. The molecule has 0 saturated heterocycles. The highest BCUT2D eigenvalue weighted by Gasteiger charge is 2.44. The van der Waals surface area contributed by atoms with E-state index in [0.717, 1.165) is 12.1 Å². The average Bonchev–Trinajstić information content (AvgIpc) is 3.20. The van der Waals surface area contributed by atoms with E-state index in [4.69, 9.17) is 0 Å². The molecule has 10 heteroatoms. The van der Waals surface area contributed by atoms with Gasteiger partial charge in [0.15, 0.2) is 0 Å². The van der Waals surface area contributed by atoms with Crippen molar-refractivity contribution in [3.8, 4) is 11.1 Å². The third-order valence-electron chi connectivity index (χ3n) is 6.04. The number of aryl methyl sites for hydroxylation is 1. The number of nitrogens with zero attached hydrogens (tertiary/aromatic N) is 4. The summed E-state index contributed by atoms with van der Waals surface area (Å²) in [6.07, 6.45) is 3.19. The van der Waals surface area contributed by atoms with Crippen LogP contribution in [-0.4, -0.2) is 41.3 Å². The van der Waals surface area contributed by atoms with Crippen LogP contribution in [0.1, 0.15) is 21.6 Å². The van der Waals surface area contributed by atoms with E-state index in [1.54, 1.807) is 47.3 Å². The quantitative estimate of drug-likeness (QED) is 0.467. The Bertz CT molecular complexity index is 1400. The van der Waals surface area contributed by atoms with Crippen molar-refractivity contribution in [2.24, 2.45) is 7.05 Å². The zero-order chi connectivity index (χ0) is 22.8. The minimum absolute atomic E-state index is 0.0665. The summed E-state index contributed by atoms with van der Waals surface area (Å²) in [6, 6.07) is 8.25. The Kier molecular flexibility index (Phi) is 4.44. The predicted molar refractivity (Wildman–Crippen MR) is 119 cm³/mol. The van der Waals surface area contributed by atoms with Gasteiger partial charge in [-0.1, -0.05) is 0 Å². The Morgan fingerprint density at radius 1 is 1.06 bits per heavy atom. The summed E-state index contributed by atoms with van der Waals surface area (Å²) in [7, 11) is 5.26. The lowest BCUT2D eigenvalue weighted by molar-refractivity contribution is 0.0727. The zero-order valence-corrected chi connectivity index (χ0v) is 17.7. The highest BCUT2D eigenvalue weighted by atomic mass is 19.1. The topological polar surface area (TPSA) is 51.0 Å². The van der Waals surface area contributed by atoms with Gasteiger partial charge in [-0.15, -0.1) is 0 Å². The smallest absolute Gasteiger partial charge is 0.255 e. The molecule has 0 saturated carbocycles. The fourth-order valence-electron chi connectivity index (χ4n) is 4.40. The first-order chi connectivity index (χ1) is 15.2. The number of carbonyl (C=O) groups excluding carboxylic acids is 1. The summed E-state index contributed by atoms with van der Waals surface area (Å²) in [5.41, 5.74) is 1.38. The summed E-state index contributed by atoms with van der Waals surface area (Å²) in [5.74, 6) is -2.65. The molecular formula is C22H17B2F3N4O. The molecule has 0 fully saturated rings. The number of benzene rings is 2. The van der Waals surface area contributed by atoms with Gasteiger partial charge in [-0.2, -0.15) is 5.10 Å². The molecule has 1 aliphatic heterocycles. The molecule has 32 heavy (non-hydrogen) atoms. The van der Waals surface area contributed by atoms with E-state index in [1.165, 1.54) is 21.7 Å². The van der Waals surface area contributed by atoms with Crippen molar-refractivity contribution in [3.63, 3.8) is 0 Å². The molecular weight excluding hydrogens is 415 g/mol. The standard InChI is InChI=1S/C22H17B2F3N4O/c1-30-9-14-18(29-30)5-4-15(25)19(14)11-7-16(26)13(17(27)8-11)10-31-21(32)12-3-2-6-28-20(12)22(31,23)24/h2-9H,10,23-24H2,1H3. The van der Waals surface area contributed by atoms with Crippen molar-refractivity contribution < 1.29 is 18.0 Å². The van der Waals surface area contributed by atoms with Gasteiger partial charge in [0.2, 0.25) is 0 Å². The SMILES string of the molecule is BC1(B)c2ncccc2C(=O)N1Cc1c(F)cc(-c2c(F)ccc3nn(C)cc23)cc1F. The van der Waals surface area contributed by atoms with Gasteiger partial charge < -0.3 is 4.90 Å². The largest absolute Gasteiger partial charge is 0.339 e. The van der Waals surface area contributed by atoms with Crippen LogP contribution in [0.3, 0.4) is 0 Å². The van der Waals surface area contributed by atoms with Crippen LogP contribution >= 0.6 is 0 Å². The summed E-state index contributed by atoms with van der Waals surface area (Å²) in [6.45, 7) is -0.278. The number of rotatable bonds is 3. The van der Waals surface area contributed by atoms with Gasteiger partial charge in [0.05, 0.1) is 23.3 Å². The van der Waals surface area contributed by atoms with Crippen molar-refractivity contribution in [1.29, 1.82) is 0 Å². The maximum Gasteiger partial charge on any atom is 0.255 e. The molecule has 0 unspecified atom stereocenters. The van der Waals surface area contributed by atoms with Crippen LogP contribution in [0, 0.1) is 17.5 Å². The maximum atomic E-state index is 15.2. The van der Waals surface area contributed by atoms with Crippen LogP contribution in [0.4, 0.5) is 13.2 Å². The Labute approximate surface area is 183 Å². The first-order valence-electron chi connectivity index (χ1n) is 10.1. The van der Waals surface area contributed by atoms with Gasteiger partial charge in [-0.3, -0.25) is 14.5 Å². The third kappa shape index (κ3) is 2.93. The molecule has 0 N–H and O–H groups in total. The number of hydrogen-bond donors (Lipinski definition) is 0. The molecule has 0 atom stereocenters. The lowest BCUT2D eigenvalue weighted by atomic mass is 9.59. The van der Waals surface area contributed by atoms with E-state index in [9.17, 15) is 9.18 Å². The molecule has 5 nitrogen and oxygen atoms in total. The first-order valence-corrected chi connectivity index (χ1v) is 10.1. The molecule has 0 spiro atoms. The van der Waals surface area contributed by atoms with Crippen LogP contribution in [0.15, 0.2) is 48.8 Å². The normalized spacial score (nSPS) is 14.9. The molecule has 0 radical (unpaired) electrons. The van der Waals surface area contributed by atoms with Gasteiger partial charge in [0.1, 0.15) is 33.1 Å². The molecule has 0 bridgehead atoms. The Hall–Kier alpha value is -3.55. The van der Waals surface area contributed by atoms with E-state index in [0.29, 0.717) is 22.2 Å². The molecule has 2 aromatic heterocycles. The van der Waals surface area contributed by atoms with E-state index in [-0.39, 0.29) is 29.1 Å². The highest BCUT2D eigenvalue weighted by Crippen LogP contribution is 2.37. The molecule has 4 aromatic rings. The minimum Gasteiger partial charge on any atom is -0.339 e. The second kappa shape index (κ2) is 6.98. The van der Waals surface area contributed by atoms with Crippen molar-refractivity contribution in [2.45, 2.75) is 11.9 Å². The Balaban J connectivity index is 1.57. The number of halogens is 3. The van der Waals surface area contributed by atoms with Crippen LogP contribution in [0.25, 0.3) is 22.0 Å². The Morgan fingerprint density at radius 2 is 1.78 bits per heavy atom. The third-order valence-corrected chi connectivity index (χ3v) is 6.04. The van der Waals surface area contributed by atoms with E-state index in [1.807, 2.05) is 0 Å². The number of hydrogen-bond acceptors (Lipinski definition) is 3. The molecule has 1 aliphatic rings. The van der Waals surface area contributed by atoms with Crippen LogP contribution in [0.2, 0.25) is 0 Å². The number of carbonyl (C=O) groups is 1. The monoisotopic (exact) mass is 432 g/mol. The number of amides is 1. The molecule has 158 valence electrons. The summed E-state index contributed by atoms with van der Waals surface area (Å²) >= 11 is 0. The van der Waals surface area contributed by atoms with E-state index < -0.39 is 22.8 Å². The van der Waals surface area contributed by atoms with Gasteiger partial charge in [-0.25, -0.2) is 13.2 Å². The lowest BCUT2D eigenvalue weighted by Crippen LogP contribution is -2.45. The highest BCUT2D eigenvalue weighted by molar-refractivity contribution is 6.42. The number of aromatic nitrogens is 3. The average molecular weight is 432 g/mol. The Morgan fingerprint density at radius 3 is 2.47 bits per heavy atom. The van der Waals surface area contributed by atoms with Gasteiger partial charge in [0.25, 0.3) is 5.91 Å². The fraction of sp³-hybridized carbons (Fsp3) is 0.136. The van der Waals surface area contributed by atoms with Crippen molar-refractivity contribution in [3.05, 3.63) is 83.1 Å². The fourth-order valence-corrected chi connectivity index (χ4v) is 4.40. The van der Waals surface area contributed by atoms with Crippen LogP contribution in [-0.2, 0) is 18.9 Å². The van der Waals surface area contributed by atoms with Crippen LogP contribution < -0.4 is 0 Å². The van der Waals surface area contributed by atoms with Crippen molar-refractivity contribution in [2.75, 3.05) is 0 Å². The number of pyridine rings is 1. The van der Waals surface area contributed by atoms with Gasteiger partial charge in [0, 0.05) is 41.3 Å². The predicted octanol–water partition coefficient (Wildman–Crippen LogP) is 2.09. The van der Waals surface area contributed by atoms with E-state index >= 15 is 8.78 Å². The lowest BCUT2D eigenvalue weighted by Gasteiger charge is -2.32. The zero-order valence-electron chi connectivity index (χ0n) is 17.7. The van der Waals surface area contributed by atoms with Gasteiger partial charge in [-0.05, 0) is 42.0 Å². The van der Waals surface area contributed by atoms with E-state index in [2.05, 4.69) is 10.1 Å². The van der Waals surface area contributed by atoms with Crippen molar-refractivity contribution >= 4 is 32.5 Å². The molecule has 5 rings (SSSR count). The molecule has 2 aromatic carbocycles. The minimum atomic E-state index is -0.854. The second-order valence-electron chi connectivity index (χ2n) is 8.43. The molecule has 0 aliphatic carbocycles. The molecule has 3 heterocycles. The van der Waals surface area contributed by atoms with Crippen LogP contribution in [0.5, 0.6) is 0 Å². The van der Waals surface area contributed by atoms with Gasteiger partial charge >= 0.3 is 0 Å². The van der Waals surface area contributed by atoms with Crippen molar-refractivity contribution in [1.82, 2.24) is 19.7 Å². The maximum absolute atomic E-state index is 15.2. The first kappa shape index (κ1) is 20.4. The molecule has 1 amide bonds. The number of fused-ring (bicyclic) bond motifs is 2.